The Balaban J connectivity index is 1.94. The van der Waals surface area contributed by atoms with E-state index < -0.39 is 15.9 Å². The highest BCUT2D eigenvalue weighted by atomic mass is 32.2. The zero-order chi connectivity index (χ0) is 26.7. The van der Waals surface area contributed by atoms with E-state index in [9.17, 15) is 13.2 Å². The van der Waals surface area contributed by atoms with Crippen LogP contribution in [0.1, 0.15) is 34.0 Å². The summed E-state index contributed by atoms with van der Waals surface area (Å²) < 4.78 is 32.2. The van der Waals surface area contributed by atoms with Crippen molar-refractivity contribution in [3.05, 3.63) is 117 Å². The topological polar surface area (TPSA) is 91.4 Å². The molecule has 2 N–H and O–H groups in total. The molecule has 1 heterocycles. The number of rotatable bonds is 8. The average molecular weight is 517 g/mol. The number of ether oxygens (including phenoxy) is 1. The highest BCUT2D eigenvalue weighted by Gasteiger charge is 2.22. The SMILES string of the molecule is COc1cccc(-c2c(C)c(Cc3ccccc3S(C)(=O)=O)c(C)n(CC(N)c3ccccc3)c2=O)c1. The van der Waals surface area contributed by atoms with Crippen LogP contribution >= 0.6 is 0 Å². The fourth-order valence-electron chi connectivity index (χ4n) is 4.84. The van der Waals surface area contributed by atoms with E-state index in [-0.39, 0.29) is 17.0 Å². The minimum Gasteiger partial charge on any atom is -0.497 e. The maximum Gasteiger partial charge on any atom is 0.258 e. The standard InChI is InChI=1S/C30H32N2O4S/c1-20-26(18-23-13-8-9-16-28(23)37(4,34)35)21(2)32(19-27(31)22-11-6-5-7-12-22)30(33)29(20)24-14-10-15-25(17-24)36-3/h5-17,27H,18-19,31H2,1-4H3. The Morgan fingerprint density at radius 1 is 0.946 bits per heavy atom. The van der Waals surface area contributed by atoms with Crippen LogP contribution < -0.4 is 16.0 Å². The van der Waals surface area contributed by atoms with Gasteiger partial charge in [0.1, 0.15) is 5.75 Å². The van der Waals surface area contributed by atoms with Gasteiger partial charge in [-0.25, -0.2) is 8.42 Å². The van der Waals surface area contributed by atoms with Crippen LogP contribution in [0.25, 0.3) is 11.1 Å². The summed E-state index contributed by atoms with van der Waals surface area (Å²) in [5.74, 6) is 0.647. The summed E-state index contributed by atoms with van der Waals surface area (Å²) in [5.41, 5.74) is 11.8. The summed E-state index contributed by atoms with van der Waals surface area (Å²) in [7, 11) is -1.84. The van der Waals surface area contributed by atoms with Gasteiger partial charge in [-0.3, -0.25) is 4.79 Å². The number of hydrogen-bond acceptors (Lipinski definition) is 5. The first-order valence-corrected chi connectivity index (χ1v) is 14.0. The molecule has 4 rings (SSSR count). The largest absolute Gasteiger partial charge is 0.497 e. The average Bonchev–Trinajstić information content (AvgIpc) is 2.89. The monoisotopic (exact) mass is 516 g/mol. The Morgan fingerprint density at radius 3 is 2.30 bits per heavy atom. The van der Waals surface area contributed by atoms with Crippen LogP contribution in [0.15, 0.2) is 88.6 Å². The van der Waals surface area contributed by atoms with E-state index in [1.54, 1.807) is 23.8 Å². The lowest BCUT2D eigenvalue weighted by atomic mass is 9.92. The first kappa shape index (κ1) is 26.4. The summed E-state index contributed by atoms with van der Waals surface area (Å²) in [6.45, 7) is 4.11. The molecule has 37 heavy (non-hydrogen) atoms. The van der Waals surface area contributed by atoms with Crippen molar-refractivity contribution in [2.75, 3.05) is 13.4 Å². The van der Waals surface area contributed by atoms with E-state index in [2.05, 4.69) is 0 Å². The molecule has 0 aliphatic carbocycles. The van der Waals surface area contributed by atoms with E-state index >= 15 is 0 Å². The number of hydrogen-bond donors (Lipinski definition) is 1. The summed E-state index contributed by atoms with van der Waals surface area (Å²) in [6.07, 6.45) is 1.58. The van der Waals surface area contributed by atoms with Crippen molar-refractivity contribution in [3.63, 3.8) is 0 Å². The van der Waals surface area contributed by atoms with E-state index in [4.69, 9.17) is 10.5 Å². The van der Waals surface area contributed by atoms with Crippen LogP contribution in [0.5, 0.6) is 5.75 Å². The highest BCUT2D eigenvalue weighted by Crippen LogP contribution is 2.30. The lowest BCUT2D eigenvalue weighted by Gasteiger charge is -2.23. The van der Waals surface area contributed by atoms with E-state index in [1.165, 1.54) is 6.26 Å². The number of sulfone groups is 1. The Bertz CT molecular complexity index is 1590. The van der Waals surface area contributed by atoms with Gasteiger partial charge in [-0.2, -0.15) is 0 Å². The minimum atomic E-state index is -3.43. The van der Waals surface area contributed by atoms with Crippen molar-refractivity contribution < 1.29 is 13.2 Å². The molecule has 0 radical (unpaired) electrons. The smallest absolute Gasteiger partial charge is 0.258 e. The number of aromatic nitrogens is 1. The van der Waals surface area contributed by atoms with Crippen molar-refractivity contribution in [1.82, 2.24) is 4.57 Å². The number of nitrogens with zero attached hydrogens (tertiary/aromatic N) is 1. The fraction of sp³-hybridized carbons (Fsp3) is 0.233. The van der Waals surface area contributed by atoms with E-state index in [1.807, 2.05) is 80.6 Å². The Hall–Kier alpha value is -3.68. The molecular weight excluding hydrogens is 484 g/mol. The third kappa shape index (κ3) is 5.53. The quantitative estimate of drug-likeness (QED) is 0.362. The molecule has 192 valence electrons. The van der Waals surface area contributed by atoms with Gasteiger partial charge >= 0.3 is 0 Å². The molecule has 4 aromatic rings. The van der Waals surface area contributed by atoms with Gasteiger partial charge in [0, 0.05) is 31.0 Å². The zero-order valence-corrected chi connectivity index (χ0v) is 22.4. The van der Waals surface area contributed by atoms with Crippen molar-refractivity contribution >= 4 is 9.84 Å². The molecule has 0 fully saturated rings. The maximum absolute atomic E-state index is 14.0. The first-order valence-electron chi connectivity index (χ1n) is 12.1. The van der Waals surface area contributed by atoms with Crippen molar-refractivity contribution in [3.8, 4) is 16.9 Å². The van der Waals surface area contributed by atoms with E-state index in [0.29, 0.717) is 23.3 Å². The second kappa shape index (κ2) is 10.7. The summed E-state index contributed by atoms with van der Waals surface area (Å²) in [4.78, 5) is 14.3. The number of nitrogens with two attached hydrogens (primary N) is 1. The van der Waals surface area contributed by atoms with Crippen molar-refractivity contribution in [2.45, 2.75) is 37.8 Å². The van der Waals surface area contributed by atoms with Crippen molar-refractivity contribution in [1.29, 1.82) is 0 Å². The van der Waals surface area contributed by atoms with Crippen LogP contribution in [0.3, 0.4) is 0 Å². The minimum absolute atomic E-state index is 0.144. The van der Waals surface area contributed by atoms with Crippen LogP contribution in [0.2, 0.25) is 0 Å². The van der Waals surface area contributed by atoms with Gasteiger partial charge in [0.15, 0.2) is 9.84 Å². The summed E-state index contributed by atoms with van der Waals surface area (Å²) in [5, 5.41) is 0. The fourth-order valence-corrected chi connectivity index (χ4v) is 5.78. The molecule has 0 saturated heterocycles. The number of pyridine rings is 1. The molecule has 0 saturated carbocycles. The lowest BCUT2D eigenvalue weighted by molar-refractivity contribution is 0.415. The Morgan fingerprint density at radius 2 is 1.62 bits per heavy atom. The molecule has 7 heteroatoms. The molecular formula is C30H32N2O4S. The van der Waals surface area contributed by atoms with Gasteiger partial charge in [0.05, 0.1) is 17.6 Å². The van der Waals surface area contributed by atoms with Crippen LogP contribution in [0, 0.1) is 13.8 Å². The molecule has 0 amide bonds. The van der Waals surface area contributed by atoms with Crippen LogP contribution in [0.4, 0.5) is 0 Å². The molecule has 0 aliphatic rings. The second-order valence-electron chi connectivity index (χ2n) is 9.29. The third-order valence-electron chi connectivity index (χ3n) is 6.83. The molecule has 1 atom stereocenters. The van der Waals surface area contributed by atoms with Gasteiger partial charge in [0.2, 0.25) is 0 Å². The molecule has 0 aliphatic heterocycles. The van der Waals surface area contributed by atoms with Gasteiger partial charge < -0.3 is 15.0 Å². The predicted octanol–water partition coefficient (Wildman–Crippen LogP) is 4.84. The van der Waals surface area contributed by atoms with Gasteiger partial charge in [-0.05, 0) is 59.9 Å². The maximum atomic E-state index is 14.0. The Labute approximate surface area is 218 Å². The van der Waals surface area contributed by atoms with Crippen LogP contribution in [-0.4, -0.2) is 26.4 Å². The summed E-state index contributed by atoms with van der Waals surface area (Å²) in [6, 6.07) is 23.7. The highest BCUT2D eigenvalue weighted by molar-refractivity contribution is 7.90. The van der Waals surface area contributed by atoms with Gasteiger partial charge in [-0.1, -0.05) is 60.7 Å². The second-order valence-corrected chi connectivity index (χ2v) is 11.3. The van der Waals surface area contributed by atoms with Crippen molar-refractivity contribution in [2.24, 2.45) is 5.73 Å². The van der Waals surface area contributed by atoms with Crippen LogP contribution in [-0.2, 0) is 22.8 Å². The van der Waals surface area contributed by atoms with Gasteiger partial charge in [0.25, 0.3) is 5.56 Å². The number of benzene rings is 3. The zero-order valence-electron chi connectivity index (χ0n) is 21.6. The summed E-state index contributed by atoms with van der Waals surface area (Å²) >= 11 is 0. The van der Waals surface area contributed by atoms with Gasteiger partial charge in [-0.15, -0.1) is 0 Å². The molecule has 1 aromatic heterocycles. The normalized spacial score (nSPS) is 12.4. The molecule has 1 unspecified atom stereocenters. The van der Waals surface area contributed by atoms with E-state index in [0.717, 1.165) is 27.9 Å². The number of methoxy groups -OCH3 is 1. The predicted molar refractivity (Wildman–Crippen MR) is 148 cm³/mol. The Kier molecular flexibility index (Phi) is 7.66. The first-order chi connectivity index (χ1) is 17.6. The molecule has 3 aromatic carbocycles. The molecule has 0 bridgehead atoms. The molecule has 0 spiro atoms. The third-order valence-corrected chi connectivity index (χ3v) is 8.03. The molecule has 6 nitrogen and oxygen atoms in total. The lowest BCUT2D eigenvalue weighted by Crippen LogP contribution is -2.31.